The first-order valence-corrected chi connectivity index (χ1v) is 4.16. The smallest absolute Gasteiger partial charge is 0.155 e. The van der Waals surface area contributed by atoms with E-state index < -0.39 is 0 Å². The molecule has 1 aliphatic carbocycles. The summed E-state index contributed by atoms with van der Waals surface area (Å²) >= 11 is 0. The van der Waals surface area contributed by atoms with Crippen molar-refractivity contribution in [2.24, 2.45) is 5.10 Å². The molecule has 1 N–H and O–H groups in total. The molecule has 0 aromatic heterocycles. The van der Waals surface area contributed by atoms with E-state index in [1.807, 2.05) is 19.9 Å². The van der Waals surface area contributed by atoms with Gasteiger partial charge in [-0.15, -0.1) is 0 Å². The molecule has 0 saturated heterocycles. The van der Waals surface area contributed by atoms with Crippen molar-refractivity contribution < 1.29 is 4.79 Å². The highest BCUT2D eigenvalue weighted by Crippen LogP contribution is 2.06. The molecule has 3 heteroatoms. The van der Waals surface area contributed by atoms with Crippen LogP contribution in [0.15, 0.2) is 17.3 Å². The second-order valence-electron chi connectivity index (χ2n) is 3.16. The molecule has 0 saturated carbocycles. The number of nitrogens with one attached hydrogen (secondary N) is 1. The van der Waals surface area contributed by atoms with Gasteiger partial charge in [-0.1, -0.05) is 6.08 Å². The van der Waals surface area contributed by atoms with E-state index >= 15 is 0 Å². The minimum Gasteiger partial charge on any atom is -0.303 e. The van der Waals surface area contributed by atoms with Gasteiger partial charge in [-0.25, -0.2) is 0 Å². The summed E-state index contributed by atoms with van der Waals surface area (Å²) in [5.74, 6) is 0.213. The molecule has 0 heterocycles. The van der Waals surface area contributed by atoms with Crippen LogP contribution in [0.3, 0.4) is 0 Å². The van der Waals surface area contributed by atoms with Crippen molar-refractivity contribution >= 4 is 11.5 Å². The minimum absolute atomic E-state index is 0.213. The number of ketones is 1. The van der Waals surface area contributed by atoms with Crippen molar-refractivity contribution in [1.82, 2.24) is 5.43 Å². The maximum Gasteiger partial charge on any atom is 0.155 e. The van der Waals surface area contributed by atoms with Crippen molar-refractivity contribution in [1.29, 1.82) is 0 Å². The number of rotatable bonds is 2. The number of hydrogen-bond acceptors (Lipinski definition) is 3. The third kappa shape index (κ3) is 2.86. The Balaban J connectivity index is 2.40. The number of allylic oxidation sites excluding steroid dienone is 1. The third-order valence-corrected chi connectivity index (χ3v) is 1.67. The number of nitrogens with zero attached hydrogens (tertiary/aromatic N) is 1. The van der Waals surface area contributed by atoms with Crippen LogP contribution in [0, 0.1) is 0 Å². The van der Waals surface area contributed by atoms with E-state index in [0.717, 1.165) is 12.1 Å². The first-order chi connectivity index (χ1) is 5.68. The summed E-state index contributed by atoms with van der Waals surface area (Å²) < 4.78 is 0. The Bertz CT molecular complexity index is 227. The predicted octanol–water partition coefficient (Wildman–Crippen LogP) is 1.26. The molecule has 0 aromatic rings. The predicted molar refractivity (Wildman–Crippen MR) is 49.1 cm³/mol. The molecule has 0 spiro atoms. The Morgan fingerprint density at radius 3 is 2.92 bits per heavy atom. The Labute approximate surface area is 72.5 Å². The molecular weight excluding hydrogens is 152 g/mol. The summed E-state index contributed by atoms with van der Waals surface area (Å²) in [6.45, 7) is 3.87. The highest BCUT2D eigenvalue weighted by Gasteiger charge is 2.11. The van der Waals surface area contributed by atoms with Crippen LogP contribution in [-0.2, 0) is 4.79 Å². The zero-order chi connectivity index (χ0) is 8.97. The molecule has 0 fully saturated rings. The lowest BCUT2D eigenvalue weighted by molar-refractivity contribution is -0.115. The molecule has 1 unspecified atom stereocenters. The molecule has 0 amide bonds. The lowest BCUT2D eigenvalue weighted by Gasteiger charge is -2.14. The lowest BCUT2D eigenvalue weighted by Crippen LogP contribution is -2.26. The minimum atomic E-state index is 0.213. The first kappa shape index (κ1) is 8.97. The van der Waals surface area contributed by atoms with Gasteiger partial charge in [0.05, 0.1) is 6.04 Å². The third-order valence-electron chi connectivity index (χ3n) is 1.67. The largest absolute Gasteiger partial charge is 0.303 e. The van der Waals surface area contributed by atoms with E-state index in [1.54, 1.807) is 6.08 Å². The standard InChI is InChI=1S/C9H14N2O/c1-7(2)10-11-8-3-5-9(12)6-4-8/h3,5,8,11H,4,6H2,1-2H3. The maximum absolute atomic E-state index is 10.8. The van der Waals surface area contributed by atoms with Crippen LogP contribution in [0.2, 0.25) is 0 Å². The monoisotopic (exact) mass is 166 g/mol. The molecule has 0 aromatic carbocycles. The Kier molecular flexibility index (Phi) is 3.02. The Hall–Kier alpha value is -1.12. The first-order valence-electron chi connectivity index (χ1n) is 4.16. The average molecular weight is 166 g/mol. The fourth-order valence-electron chi connectivity index (χ4n) is 1.02. The second kappa shape index (κ2) is 4.04. The Morgan fingerprint density at radius 2 is 2.42 bits per heavy atom. The Morgan fingerprint density at radius 1 is 1.67 bits per heavy atom. The summed E-state index contributed by atoms with van der Waals surface area (Å²) in [6.07, 6.45) is 4.98. The van der Waals surface area contributed by atoms with Crippen LogP contribution in [0.25, 0.3) is 0 Å². The van der Waals surface area contributed by atoms with E-state index in [-0.39, 0.29) is 11.8 Å². The van der Waals surface area contributed by atoms with Crippen molar-refractivity contribution in [2.75, 3.05) is 0 Å². The zero-order valence-corrected chi connectivity index (χ0v) is 7.50. The van der Waals surface area contributed by atoms with Gasteiger partial charge in [-0.3, -0.25) is 4.79 Å². The van der Waals surface area contributed by atoms with E-state index in [4.69, 9.17) is 0 Å². The molecule has 0 radical (unpaired) electrons. The maximum atomic E-state index is 10.8. The molecule has 1 atom stereocenters. The fourth-order valence-corrected chi connectivity index (χ4v) is 1.02. The molecule has 1 aliphatic rings. The molecule has 0 bridgehead atoms. The van der Waals surface area contributed by atoms with Crippen LogP contribution >= 0.6 is 0 Å². The van der Waals surface area contributed by atoms with Gasteiger partial charge in [-0.2, -0.15) is 5.10 Å². The van der Waals surface area contributed by atoms with Gasteiger partial charge in [-0.05, 0) is 26.3 Å². The van der Waals surface area contributed by atoms with Gasteiger partial charge in [0.25, 0.3) is 0 Å². The average Bonchev–Trinajstić information content (AvgIpc) is 2.03. The van der Waals surface area contributed by atoms with Crippen molar-refractivity contribution in [3.63, 3.8) is 0 Å². The molecule has 0 aliphatic heterocycles. The van der Waals surface area contributed by atoms with Crippen LogP contribution in [-0.4, -0.2) is 17.5 Å². The quantitative estimate of drug-likeness (QED) is 0.495. The van der Waals surface area contributed by atoms with Crippen LogP contribution < -0.4 is 5.43 Å². The molecule has 3 nitrogen and oxygen atoms in total. The molecular formula is C9H14N2O. The topological polar surface area (TPSA) is 41.5 Å². The molecule has 66 valence electrons. The normalized spacial score (nSPS) is 22.2. The number of hydrazone groups is 1. The van der Waals surface area contributed by atoms with Crippen LogP contribution in [0.4, 0.5) is 0 Å². The highest BCUT2D eigenvalue weighted by atomic mass is 16.1. The van der Waals surface area contributed by atoms with E-state index in [1.165, 1.54) is 0 Å². The van der Waals surface area contributed by atoms with Crippen LogP contribution in [0.5, 0.6) is 0 Å². The summed E-state index contributed by atoms with van der Waals surface area (Å²) in [5, 5.41) is 4.08. The van der Waals surface area contributed by atoms with E-state index in [2.05, 4.69) is 10.5 Å². The van der Waals surface area contributed by atoms with Crippen LogP contribution in [0.1, 0.15) is 26.7 Å². The zero-order valence-electron chi connectivity index (χ0n) is 7.50. The van der Waals surface area contributed by atoms with Gasteiger partial charge in [0.1, 0.15) is 0 Å². The SMILES string of the molecule is CC(C)=NNC1C=CC(=O)CC1. The summed E-state index contributed by atoms with van der Waals surface area (Å²) in [5.41, 5.74) is 3.99. The lowest BCUT2D eigenvalue weighted by atomic mass is 10.0. The van der Waals surface area contributed by atoms with Gasteiger partial charge in [0.2, 0.25) is 0 Å². The second-order valence-corrected chi connectivity index (χ2v) is 3.16. The van der Waals surface area contributed by atoms with Gasteiger partial charge < -0.3 is 5.43 Å². The summed E-state index contributed by atoms with van der Waals surface area (Å²) in [6, 6.07) is 0.234. The number of carbonyl (C=O) groups excluding carboxylic acids is 1. The van der Waals surface area contributed by atoms with Crippen molar-refractivity contribution in [2.45, 2.75) is 32.7 Å². The number of carbonyl (C=O) groups is 1. The van der Waals surface area contributed by atoms with Gasteiger partial charge in [0.15, 0.2) is 5.78 Å². The van der Waals surface area contributed by atoms with Gasteiger partial charge in [0, 0.05) is 12.1 Å². The van der Waals surface area contributed by atoms with E-state index in [9.17, 15) is 4.79 Å². The summed E-state index contributed by atoms with van der Waals surface area (Å²) in [7, 11) is 0. The molecule has 1 rings (SSSR count). The van der Waals surface area contributed by atoms with E-state index in [0.29, 0.717) is 6.42 Å². The van der Waals surface area contributed by atoms with Gasteiger partial charge >= 0.3 is 0 Å². The summed E-state index contributed by atoms with van der Waals surface area (Å²) in [4.78, 5) is 10.8. The number of hydrogen-bond donors (Lipinski definition) is 1. The highest BCUT2D eigenvalue weighted by molar-refractivity contribution is 5.90. The molecule has 12 heavy (non-hydrogen) atoms. The fraction of sp³-hybridized carbons (Fsp3) is 0.556. The van der Waals surface area contributed by atoms with Crippen molar-refractivity contribution in [3.05, 3.63) is 12.2 Å². The van der Waals surface area contributed by atoms with Crippen molar-refractivity contribution in [3.8, 4) is 0 Å².